The summed E-state index contributed by atoms with van der Waals surface area (Å²) >= 11 is 13.6. The second-order valence-electron chi connectivity index (χ2n) is 3.20. The molecule has 15 heavy (non-hydrogen) atoms. The van der Waals surface area contributed by atoms with E-state index < -0.39 is 0 Å². The molecule has 0 aliphatic carbocycles. The van der Waals surface area contributed by atoms with Gasteiger partial charge in [-0.15, -0.1) is 0 Å². The molecule has 0 aliphatic rings. The zero-order valence-corrected chi connectivity index (χ0v) is 10.1. The highest BCUT2D eigenvalue weighted by atomic mass is 35.5. The molecule has 1 atom stereocenters. The van der Waals surface area contributed by atoms with Crippen LogP contribution in [0.1, 0.15) is 17.2 Å². The first-order chi connectivity index (χ1) is 7.18. The van der Waals surface area contributed by atoms with E-state index in [0.29, 0.717) is 10.0 Å². The first kappa shape index (κ1) is 11.0. The Kier molecular flexibility index (Phi) is 3.32. The Balaban J connectivity index is 2.41. The molecule has 1 nitrogen and oxygen atoms in total. The van der Waals surface area contributed by atoms with Gasteiger partial charge in [0.1, 0.15) is 0 Å². The van der Waals surface area contributed by atoms with Crippen LogP contribution in [0.2, 0.25) is 10.0 Å². The van der Waals surface area contributed by atoms with Crippen molar-refractivity contribution in [1.29, 1.82) is 0 Å². The maximum absolute atomic E-state index is 6.09. The van der Waals surface area contributed by atoms with Crippen LogP contribution < -0.4 is 5.73 Å². The van der Waals surface area contributed by atoms with Gasteiger partial charge in [-0.3, -0.25) is 0 Å². The second-order valence-corrected chi connectivity index (χ2v) is 4.82. The summed E-state index contributed by atoms with van der Waals surface area (Å²) < 4.78 is 0. The molecule has 0 saturated carbocycles. The molecule has 0 fully saturated rings. The lowest BCUT2D eigenvalue weighted by Crippen LogP contribution is -2.11. The summed E-state index contributed by atoms with van der Waals surface area (Å²) in [6, 6.07) is 7.13. The smallest absolute Gasteiger partial charge is 0.0575 e. The van der Waals surface area contributed by atoms with E-state index in [1.165, 1.54) is 0 Å². The lowest BCUT2D eigenvalue weighted by molar-refractivity contribution is 0.877. The van der Waals surface area contributed by atoms with E-state index in [0.717, 1.165) is 11.1 Å². The summed E-state index contributed by atoms with van der Waals surface area (Å²) in [7, 11) is 0. The first-order valence-corrected chi connectivity index (χ1v) is 6.11. The van der Waals surface area contributed by atoms with Crippen LogP contribution in [-0.4, -0.2) is 0 Å². The van der Waals surface area contributed by atoms with Crippen LogP contribution >= 0.6 is 34.5 Å². The molecule has 78 valence electrons. The van der Waals surface area contributed by atoms with Gasteiger partial charge in [-0.1, -0.05) is 23.2 Å². The Morgan fingerprint density at radius 1 is 1.20 bits per heavy atom. The quantitative estimate of drug-likeness (QED) is 0.862. The van der Waals surface area contributed by atoms with Crippen molar-refractivity contribution in [3.8, 4) is 0 Å². The molecule has 1 heterocycles. The largest absolute Gasteiger partial charge is 0.320 e. The van der Waals surface area contributed by atoms with Crippen LogP contribution in [0.5, 0.6) is 0 Å². The minimum Gasteiger partial charge on any atom is -0.320 e. The topological polar surface area (TPSA) is 26.0 Å². The standard InChI is InChI=1S/C11H9Cl2NS/c12-8-1-2-10(13)9(5-8)11(14)7-3-4-15-6-7/h1-6,11H,14H2/t11-/m0/s1. The van der Waals surface area contributed by atoms with Crippen molar-refractivity contribution in [2.24, 2.45) is 5.73 Å². The highest BCUT2D eigenvalue weighted by Crippen LogP contribution is 2.29. The van der Waals surface area contributed by atoms with Crippen LogP contribution in [-0.2, 0) is 0 Å². The fourth-order valence-corrected chi connectivity index (χ4v) is 2.50. The van der Waals surface area contributed by atoms with Gasteiger partial charge in [0.15, 0.2) is 0 Å². The molecule has 4 heteroatoms. The predicted molar refractivity (Wildman–Crippen MR) is 66.8 cm³/mol. The molecule has 0 spiro atoms. The molecule has 0 amide bonds. The summed E-state index contributed by atoms with van der Waals surface area (Å²) in [6.45, 7) is 0. The summed E-state index contributed by atoms with van der Waals surface area (Å²) in [5.41, 5.74) is 8.02. The lowest BCUT2D eigenvalue weighted by atomic mass is 10.0. The molecule has 2 N–H and O–H groups in total. The third-order valence-electron chi connectivity index (χ3n) is 2.20. The molecule has 0 unspecified atom stereocenters. The van der Waals surface area contributed by atoms with E-state index in [-0.39, 0.29) is 6.04 Å². The van der Waals surface area contributed by atoms with Gasteiger partial charge in [0.2, 0.25) is 0 Å². The van der Waals surface area contributed by atoms with Gasteiger partial charge in [-0.25, -0.2) is 0 Å². The van der Waals surface area contributed by atoms with E-state index in [1.54, 1.807) is 23.5 Å². The Labute approximate surface area is 102 Å². The maximum Gasteiger partial charge on any atom is 0.0575 e. The minimum absolute atomic E-state index is 0.206. The van der Waals surface area contributed by atoms with E-state index in [1.807, 2.05) is 22.9 Å². The van der Waals surface area contributed by atoms with Crippen molar-refractivity contribution >= 4 is 34.5 Å². The van der Waals surface area contributed by atoms with Crippen LogP contribution in [0.15, 0.2) is 35.0 Å². The van der Waals surface area contributed by atoms with Crippen LogP contribution in [0.3, 0.4) is 0 Å². The Morgan fingerprint density at radius 2 is 2.00 bits per heavy atom. The molecular weight excluding hydrogens is 249 g/mol. The van der Waals surface area contributed by atoms with Crippen molar-refractivity contribution in [2.75, 3.05) is 0 Å². The zero-order chi connectivity index (χ0) is 10.8. The fraction of sp³-hybridized carbons (Fsp3) is 0.0909. The first-order valence-electron chi connectivity index (χ1n) is 4.41. The number of rotatable bonds is 2. The summed E-state index contributed by atoms with van der Waals surface area (Å²) in [4.78, 5) is 0. The molecule has 1 aromatic heterocycles. The van der Waals surface area contributed by atoms with Gasteiger partial charge in [0.05, 0.1) is 6.04 Å². The minimum atomic E-state index is -0.206. The summed E-state index contributed by atoms with van der Waals surface area (Å²) in [5.74, 6) is 0. The number of hydrogen-bond acceptors (Lipinski definition) is 2. The van der Waals surface area contributed by atoms with Crippen molar-refractivity contribution < 1.29 is 0 Å². The van der Waals surface area contributed by atoms with Crippen LogP contribution in [0, 0.1) is 0 Å². The number of halogens is 2. The van der Waals surface area contributed by atoms with Crippen molar-refractivity contribution in [3.63, 3.8) is 0 Å². The maximum atomic E-state index is 6.09. The third-order valence-corrected chi connectivity index (χ3v) is 3.48. The van der Waals surface area contributed by atoms with Crippen molar-refractivity contribution in [2.45, 2.75) is 6.04 Å². The van der Waals surface area contributed by atoms with Crippen molar-refractivity contribution in [1.82, 2.24) is 0 Å². The molecule has 0 radical (unpaired) electrons. The Morgan fingerprint density at radius 3 is 2.67 bits per heavy atom. The number of thiophene rings is 1. The normalized spacial score (nSPS) is 12.7. The molecule has 2 rings (SSSR count). The molecule has 0 saturated heterocycles. The number of hydrogen-bond donors (Lipinski definition) is 1. The van der Waals surface area contributed by atoms with Gasteiger partial charge in [-0.2, -0.15) is 11.3 Å². The SMILES string of the molecule is N[C@@H](c1ccsc1)c1cc(Cl)ccc1Cl. The number of nitrogens with two attached hydrogens (primary N) is 1. The molecular formula is C11H9Cl2NS. The van der Waals surface area contributed by atoms with Crippen LogP contribution in [0.25, 0.3) is 0 Å². The van der Waals surface area contributed by atoms with Crippen molar-refractivity contribution in [3.05, 3.63) is 56.2 Å². The fourth-order valence-electron chi connectivity index (χ4n) is 1.38. The van der Waals surface area contributed by atoms with E-state index in [9.17, 15) is 0 Å². The predicted octanol–water partition coefficient (Wildman–Crippen LogP) is 4.10. The lowest BCUT2D eigenvalue weighted by Gasteiger charge is -2.12. The zero-order valence-electron chi connectivity index (χ0n) is 7.78. The summed E-state index contributed by atoms with van der Waals surface area (Å²) in [5, 5.41) is 5.31. The summed E-state index contributed by atoms with van der Waals surface area (Å²) in [6.07, 6.45) is 0. The average molecular weight is 258 g/mol. The van der Waals surface area contributed by atoms with Gasteiger partial charge in [-0.05, 0) is 46.2 Å². The van der Waals surface area contributed by atoms with Gasteiger partial charge >= 0.3 is 0 Å². The molecule has 1 aromatic carbocycles. The van der Waals surface area contributed by atoms with E-state index in [2.05, 4.69) is 0 Å². The molecule has 2 aromatic rings. The highest BCUT2D eigenvalue weighted by Gasteiger charge is 2.13. The monoisotopic (exact) mass is 257 g/mol. The van der Waals surface area contributed by atoms with Crippen LogP contribution in [0.4, 0.5) is 0 Å². The third kappa shape index (κ3) is 2.34. The van der Waals surface area contributed by atoms with Gasteiger partial charge < -0.3 is 5.73 Å². The number of benzene rings is 1. The molecule has 0 bridgehead atoms. The Hall–Kier alpha value is -0.540. The molecule has 0 aliphatic heterocycles. The highest BCUT2D eigenvalue weighted by molar-refractivity contribution is 7.08. The average Bonchev–Trinajstić information content (AvgIpc) is 2.74. The van der Waals surface area contributed by atoms with Gasteiger partial charge in [0, 0.05) is 10.0 Å². The van der Waals surface area contributed by atoms with E-state index >= 15 is 0 Å². The van der Waals surface area contributed by atoms with E-state index in [4.69, 9.17) is 28.9 Å². The Bertz CT molecular complexity index is 454. The second kappa shape index (κ2) is 4.54. The van der Waals surface area contributed by atoms with Gasteiger partial charge in [0.25, 0.3) is 0 Å².